The molecule has 2 atom stereocenters. The van der Waals surface area contributed by atoms with E-state index in [1.54, 1.807) is 11.1 Å². The molecule has 1 heterocycles. The molecule has 0 saturated heterocycles. The van der Waals surface area contributed by atoms with E-state index in [4.69, 9.17) is 4.99 Å². The summed E-state index contributed by atoms with van der Waals surface area (Å²) in [5.74, 6) is 1.22. The minimum atomic E-state index is 0.564. The predicted octanol–water partition coefficient (Wildman–Crippen LogP) is 4.72. The van der Waals surface area contributed by atoms with E-state index in [2.05, 4.69) is 43.5 Å². The molecule has 0 fully saturated rings. The maximum absolute atomic E-state index is 4.70. The van der Waals surface area contributed by atoms with Crippen LogP contribution in [-0.4, -0.2) is 6.21 Å². The van der Waals surface area contributed by atoms with Gasteiger partial charge in [-0.25, -0.2) is 0 Å². The van der Waals surface area contributed by atoms with E-state index >= 15 is 0 Å². The number of hydrogen-bond acceptors (Lipinski definition) is 1. The first-order valence-electron chi connectivity index (χ1n) is 7.38. The number of nitrogens with zero attached hydrogens (tertiary/aromatic N) is 1. The van der Waals surface area contributed by atoms with Crippen molar-refractivity contribution in [2.75, 3.05) is 0 Å². The largest absolute Gasteiger partial charge is 0.261 e. The molecule has 1 heteroatoms. The Morgan fingerprint density at radius 2 is 2.05 bits per heavy atom. The van der Waals surface area contributed by atoms with Crippen molar-refractivity contribution in [3.05, 3.63) is 52.6 Å². The molecule has 2 unspecified atom stereocenters. The zero-order valence-corrected chi connectivity index (χ0v) is 11.4. The van der Waals surface area contributed by atoms with Crippen LogP contribution >= 0.6 is 0 Å². The first-order valence-corrected chi connectivity index (χ1v) is 7.38. The zero-order chi connectivity index (χ0) is 12.8. The number of aliphatic imine (C=N–C) groups is 1. The maximum atomic E-state index is 4.70. The van der Waals surface area contributed by atoms with E-state index in [1.807, 2.05) is 0 Å². The molecule has 0 amide bonds. The monoisotopic (exact) mass is 249 g/mol. The standard InChI is InChI=1S/C18H19N/c1-12-9-10-19-16-8-4-6-14-11-13-5-2-3-7-15(13)17(12)18(14)16/h4-8,10,12,17H,2-3,9,11H2,1H3. The highest BCUT2D eigenvalue weighted by Gasteiger charge is 2.34. The molecule has 0 bridgehead atoms. The smallest absolute Gasteiger partial charge is 0.0666 e. The van der Waals surface area contributed by atoms with Crippen molar-refractivity contribution in [2.24, 2.45) is 10.9 Å². The van der Waals surface area contributed by atoms with Gasteiger partial charge in [-0.3, -0.25) is 4.99 Å². The Morgan fingerprint density at radius 1 is 1.16 bits per heavy atom. The van der Waals surface area contributed by atoms with Crippen molar-refractivity contribution >= 4 is 11.9 Å². The summed E-state index contributed by atoms with van der Waals surface area (Å²) in [5, 5.41) is 0. The van der Waals surface area contributed by atoms with Crippen molar-refractivity contribution in [3.63, 3.8) is 0 Å². The molecule has 1 aliphatic heterocycles. The van der Waals surface area contributed by atoms with Crippen LogP contribution in [0.2, 0.25) is 0 Å². The first-order chi connectivity index (χ1) is 9.34. The lowest BCUT2D eigenvalue weighted by Gasteiger charge is -2.35. The summed E-state index contributed by atoms with van der Waals surface area (Å²) in [5.41, 5.74) is 7.39. The number of rotatable bonds is 0. The topological polar surface area (TPSA) is 12.4 Å². The number of allylic oxidation sites excluding steroid dienone is 4. The summed E-state index contributed by atoms with van der Waals surface area (Å²) < 4.78 is 0. The van der Waals surface area contributed by atoms with Gasteiger partial charge in [0.2, 0.25) is 0 Å². The third-order valence-corrected chi connectivity index (χ3v) is 4.77. The van der Waals surface area contributed by atoms with Crippen LogP contribution < -0.4 is 0 Å². The number of fused-ring (bicyclic) bond motifs is 2. The molecule has 0 radical (unpaired) electrons. The third kappa shape index (κ3) is 1.64. The molecule has 3 aliphatic rings. The summed E-state index contributed by atoms with van der Waals surface area (Å²) in [6, 6.07) is 6.64. The van der Waals surface area contributed by atoms with Gasteiger partial charge in [-0.1, -0.05) is 31.2 Å². The summed E-state index contributed by atoms with van der Waals surface area (Å²) in [7, 11) is 0. The Hall–Kier alpha value is -1.63. The Kier molecular flexibility index (Phi) is 2.48. The van der Waals surface area contributed by atoms with Crippen LogP contribution in [-0.2, 0) is 6.42 Å². The van der Waals surface area contributed by atoms with Crippen LogP contribution in [0.5, 0.6) is 0 Å². The first kappa shape index (κ1) is 11.2. The fourth-order valence-corrected chi connectivity index (χ4v) is 3.88. The second-order valence-electron chi connectivity index (χ2n) is 6.00. The van der Waals surface area contributed by atoms with Crippen molar-refractivity contribution in [1.82, 2.24) is 0 Å². The van der Waals surface area contributed by atoms with Gasteiger partial charge in [0.25, 0.3) is 0 Å². The van der Waals surface area contributed by atoms with Gasteiger partial charge in [0, 0.05) is 12.1 Å². The zero-order valence-electron chi connectivity index (χ0n) is 11.4. The minimum absolute atomic E-state index is 0.564. The van der Waals surface area contributed by atoms with Crippen molar-refractivity contribution in [2.45, 2.75) is 38.5 Å². The number of hydrogen-bond donors (Lipinski definition) is 0. The Balaban J connectivity index is 1.98. The Labute approximate surface area is 114 Å². The quantitative estimate of drug-likeness (QED) is 0.631. The van der Waals surface area contributed by atoms with E-state index in [0.717, 1.165) is 12.8 Å². The molecule has 1 aromatic rings. The van der Waals surface area contributed by atoms with Gasteiger partial charge >= 0.3 is 0 Å². The fraction of sp³-hybridized carbons (Fsp3) is 0.389. The molecule has 0 spiro atoms. The van der Waals surface area contributed by atoms with E-state index in [1.165, 1.54) is 29.7 Å². The summed E-state index contributed by atoms with van der Waals surface area (Å²) in [6.45, 7) is 2.38. The normalized spacial score (nSPS) is 27.8. The van der Waals surface area contributed by atoms with Gasteiger partial charge in [0.1, 0.15) is 0 Å². The maximum Gasteiger partial charge on any atom is 0.0666 e. The van der Waals surface area contributed by atoms with Crippen LogP contribution in [0.1, 0.15) is 43.2 Å². The van der Waals surface area contributed by atoms with Gasteiger partial charge in [0.05, 0.1) is 5.69 Å². The second kappa shape index (κ2) is 4.19. The van der Waals surface area contributed by atoms with Gasteiger partial charge in [0.15, 0.2) is 0 Å². The van der Waals surface area contributed by atoms with E-state index in [0.29, 0.717) is 11.8 Å². The number of benzene rings is 1. The van der Waals surface area contributed by atoms with E-state index in [-0.39, 0.29) is 0 Å². The molecule has 1 nitrogen and oxygen atoms in total. The summed E-state index contributed by atoms with van der Waals surface area (Å²) in [4.78, 5) is 4.70. The van der Waals surface area contributed by atoms with Crippen LogP contribution in [0.4, 0.5) is 5.69 Å². The van der Waals surface area contributed by atoms with Crippen molar-refractivity contribution in [1.29, 1.82) is 0 Å². The van der Waals surface area contributed by atoms with E-state index in [9.17, 15) is 0 Å². The molecule has 19 heavy (non-hydrogen) atoms. The molecule has 96 valence electrons. The highest BCUT2D eigenvalue weighted by atomic mass is 14.7. The molecule has 0 saturated carbocycles. The average Bonchev–Trinajstić information content (AvgIpc) is 2.60. The highest BCUT2D eigenvalue weighted by molar-refractivity contribution is 5.71. The van der Waals surface area contributed by atoms with Gasteiger partial charge in [-0.15, -0.1) is 0 Å². The molecule has 1 aromatic carbocycles. The fourth-order valence-electron chi connectivity index (χ4n) is 3.88. The van der Waals surface area contributed by atoms with Gasteiger partial charge < -0.3 is 0 Å². The van der Waals surface area contributed by atoms with Crippen LogP contribution in [0.15, 0.2) is 46.5 Å². The highest BCUT2D eigenvalue weighted by Crippen LogP contribution is 2.49. The molecule has 4 rings (SSSR count). The second-order valence-corrected chi connectivity index (χ2v) is 6.00. The lowest BCUT2D eigenvalue weighted by molar-refractivity contribution is 0.520. The molecule has 2 aliphatic carbocycles. The van der Waals surface area contributed by atoms with Crippen LogP contribution in [0, 0.1) is 5.92 Å². The molecule has 0 N–H and O–H groups in total. The average molecular weight is 249 g/mol. The third-order valence-electron chi connectivity index (χ3n) is 4.77. The summed E-state index contributed by atoms with van der Waals surface area (Å²) >= 11 is 0. The molecular weight excluding hydrogens is 230 g/mol. The van der Waals surface area contributed by atoms with Crippen LogP contribution in [0.25, 0.3) is 0 Å². The van der Waals surface area contributed by atoms with Gasteiger partial charge in [-0.05, 0) is 59.9 Å². The summed E-state index contributed by atoms with van der Waals surface area (Å²) in [6.07, 6.45) is 11.7. The Morgan fingerprint density at radius 3 is 3.00 bits per heavy atom. The van der Waals surface area contributed by atoms with Crippen molar-refractivity contribution in [3.8, 4) is 0 Å². The van der Waals surface area contributed by atoms with E-state index < -0.39 is 0 Å². The van der Waals surface area contributed by atoms with Gasteiger partial charge in [-0.2, -0.15) is 0 Å². The predicted molar refractivity (Wildman–Crippen MR) is 80.2 cm³/mol. The SMILES string of the molecule is CC1CC=Nc2cccc3c2C1C1=CCCC=C1C3. The lowest BCUT2D eigenvalue weighted by Crippen LogP contribution is -2.21. The van der Waals surface area contributed by atoms with Crippen molar-refractivity contribution < 1.29 is 0 Å². The Bertz CT molecular complexity index is 619. The minimum Gasteiger partial charge on any atom is -0.261 e. The lowest BCUT2D eigenvalue weighted by atomic mass is 9.68. The molecule has 0 aromatic heterocycles. The van der Waals surface area contributed by atoms with Crippen LogP contribution in [0.3, 0.4) is 0 Å². The molecular formula is C18H19N.